The molecule has 1 aliphatic heterocycles. The molecule has 2 atom stereocenters. The van der Waals surface area contributed by atoms with Crippen LogP contribution in [0, 0.1) is 0 Å². The quantitative estimate of drug-likeness (QED) is 0.515. The summed E-state index contributed by atoms with van der Waals surface area (Å²) in [5, 5.41) is 10.3. The van der Waals surface area contributed by atoms with Crippen LogP contribution in [0.4, 0.5) is 5.82 Å². The number of pyridine rings is 1. The third kappa shape index (κ3) is 4.23. The van der Waals surface area contributed by atoms with Crippen molar-refractivity contribution in [3.63, 3.8) is 0 Å². The van der Waals surface area contributed by atoms with Crippen molar-refractivity contribution >= 4 is 51.9 Å². The zero-order chi connectivity index (χ0) is 22.8. The zero-order valence-electron chi connectivity index (χ0n) is 17.1. The van der Waals surface area contributed by atoms with Crippen LogP contribution < -0.4 is 4.90 Å². The summed E-state index contributed by atoms with van der Waals surface area (Å²) >= 11 is 12.7. The van der Waals surface area contributed by atoms with Gasteiger partial charge in [-0.15, -0.1) is 0 Å². The van der Waals surface area contributed by atoms with Crippen molar-refractivity contribution in [1.29, 1.82) is 0 Å². The van der Waals surface area contributed by atoms with E-state index < -0.39 is 24.1 Å². The minimum atomic E-state index is -0.970. The van der Waals surface area contributed by atoms with E-state index in [-0.39, 0.29) is 13.0 Å². The van der Waals surface area contributed by atoms with E-state index in [1.807, 2.05) is 16.7 Å². The van der Waals surface area contributed by atoms with Crippen LogP contribution in [-0.2, 0) is 19.1 Å². The number of esters is 1. The second-order valence-electron chi connectivity index (χ2n) is 7.23. The number of carbonyl (C=O) groups excluding carboxylic acids is 1. The Balaban J connectivity index is 1.78. The third-order valence-electron chi connectivity index (χ3n) is 5.35. The maximum Gasteiger partial charge on any atom is 0.331 e. The van der Waals surface area contributed by atoms with Gasteiger partial charge in [-0.2, -0.15) is 0 Å². The molecule has 9 nitrogen and oxygen atoms in total. The molecular formula is C21H20Cl2N4O5. The van der Waals surface area contributed by atoms with E-state index in [2.05, 4.69) is 4.98 Å². The number of nitrogens with zero attached hydrogens (tertiary/aromatic N) is 4. The molecule has 0 aliphatic carbocycles. The van der Waals surface area contributed by atoms with Crippen LogP contribution in [0.3, 0.4) is 0 Å². The maximum absolute atomic E-state index is 12.7. The fraction of sp³-hybridized carbons (Fsp3) is 0.333. The molecule has 1 fully saturated rings. The van der Waals surface area contributed by atoms with Gasteiger partial charge >= 0.3 is 11.9 Å². The normalized spacial score (nSPS) is 18.3. The second-order valence-corrected chi connectivity index (χ2v) is 8.02. The van der Waals surface area contributed by atoms with E-state index >= 15 is 0 Å². The van der Waals surface area contributed by atoms with Gasteiger partial charge in [-0.1, -0.05) is 23.2 Å². The van der Waals surface area contributed by atoms with Crippen molar-refractivity contribution in [3.8, 4) is 5.69 Å². The molecule has 32 heavy (non-hydrogen) atoms. The van der Waals surface area contributed by atoms with Crippen LogP contribution in [0.25, 0.3) is 16.6 Å². The molecule has 0 radical (unpaired) electrons. The van der Waals surface area contributed by atoms with Crippen LogP contribution in [0.15, 0.2) is 36.9 Å². The van der Waals surface area contributed by atoms with Gasteiger partial charge in [0.2, 0.25) is 0 Å². The van der Waals surface area contributed by atoms with Crippen LogP contribution in [0.2, 0.25) is 10.0 Å². The number of aromatic nitrogens is 3. The molecule has 0 spiro atoms. The van der Waals surface area contributed by atoms with Crippen LogP contribution in [0.5, 0.6) is 0 Å². The molecule has 3 aromatic rings. The lowest BCUT2D eigenvalue weighted by Gasteiger charge is -2.27. The molecular weight excluding hydrogens is 459 g/mol. The van der Waals surface area contributed by atoms with Gasteiger partial charge in [0.05, 0.1) is 53.8 Å². The van der Waals surface area contributed by atoms with Crippen molar-refractivity contribution in [2.24, 2.45) is 0 Å². The minimum absolute atomic E-state index is 0.00575. The Morgan fingerprint density at radius 3 is 2.81 bits per heavy atom. The van der Waals surface area contributed by atoms with E-state index in [9.17, 15) is 9.59 Å². The SMILES string of the molecule is COC(=O)[C@@H]1[C@@H](OCCC(=O)O)CCN1c1cc(-n2ccnc2)c2ccc(Cl)c(Cl)c2n1. The number of aliphatic carboxylic acids is 1. The van der Waals surface area contributed by atoms with Crippen molar-refractivity contribution in [3.05, 3.63) is 47.0 Å². The van der Waals surface area contributed by atoms with Crippen molar-refractivity contribution in [2.45, 2.75) is 25.0 Å². The van der Waals surface area contributed by atoms with Gasteiger partial charge < -0.3 is 24.0 Å². The topological polar surface area (TPSA) is 107 Å². The van der Waals surface area contributed by atoms with Gasteiger partial charge in [0.15, 0.2) is 6.04 Å². The Morgan fingerprint density at radius 2 is 2.12 bits per heavy atom. The Hall–Kier alpha value is -2.88. The first-order valence-electron chi connectivity index (χ1n) is 9.85. The number of anilines is 1. The van der Waals surface area contributed by atoms with E-state index in [0.717, 1.165) is 11.1 Å². The van der Waals surface area contributed by atoms with Gasteiger partial charge in [-0.3, -0.25) is 4.79 Å². The Kier molecular flexibility index (Phi) is 6.50. The summed E-state index contributed by atoms with van der Waals surface area (Å²) in [6.45, 7) is 0.450. The zero-order valence-corrected chi connectivity index (χ0v) is 18.6. The molecule has 168 valence electrons. The van der Waals surface area contributed by atoms with E-state index in [0.29, 0.717) is 34.3 Å². The number of methoxy groups -OCH3 is 1. The first kappa shape index (κ1) is 22.3. The summed E-state index contributed by atoms with van der Waals surface area (Å²) in [5.74, 6) is -0.974. The number of imidazole rings is 1. The molecule has 11 heteroatoms. The highest BCUT2D eigenvalue weighted by Crippen LogP contribution is 2.36. The summed E-state index contributed by atoms with van der Waals surface area (Å²) in [6.07, 6.45) is 4.91. The molecule has 0 amide bonds. The maximum atomic E-state index is 12.7. The van der Waals surface area contributed by atoms with Crippen LogP contribution >= 0.6 is 23.2 Å². The summed E-state index contributed by atoms with van der Waals surface area (Å²) in [4.78, 5) is 34.1. The molecule has 3 heterocycles. The highest BCUT2D eigenvalue weighted by atomic mass is 35.5. The van der Waals surface area contributed by atoms with E-state index in [4.69, 9.17) is 42.8 Å². The Labute approximate surface area is 193 Å². The summed E-state index contributed by atoms with van der Waals surface area (Å²) < 4.78 is 12.6. The van der Waals surface area contributed by atoms with Crippen molar-refractivity contribution < 1.29 is 24.2 Å². The number of carboxylic acid groups (broad SMARTS) is 1. The molecule has 1 N–H and O–H groups in total. The number of carbonyl (C=O) groups is 2. The second kappa shape index (κ2) is 9.32. The van der Waals surface area contributed by atoms with Gasteiger partial charge in [-0.05, 0) is 18.6 Å². The highest BCUT2D eigenvalue weighted by molar-refractivity contribution is 6.45. The Bertz CT molecular complexity index is 1150. The number of rotatable bonds is 7. The average Bonchev–Trinajstić information content (AvgIpc) is 3.45. The lowest BCUT2D eigenvalue weighted by Crippen LogP contribution is -2.44. The number of hydrogen-bond donors (Lipinski definition) is 1. The lowest BCUT2D eigenvalue weighted by atomic mass is 10.1. The van der Waals surface area contributed by atoms with Gasteiger partial charge in [0, 0.05) is 30.4 Å². The van der Waals surface area contributed by atoms with Crippen LogP contribution in [0.1, 0.15) is 12.8 Å². The molecule has 2 aromatic heterocycles. The molecule has 0 unspecified atom stereocenters. The number of hydrogen-bond acceptors (Lipinski definition) is 7. The fourth-order valence-corrected chi connectivity index (χ4v) is 4.22. The van der Waals surface area contributed by atoms with E-state index in [1.54, 1.807) is 29.7 Å². The molecule has 1 aliphatic rings. The number of halogens is 2. The summed E-state index contributed by atoms with van der Waals surface area (Å²) in [6, 6.07) is 4.58. The first-order chi connectivity index (χ1) is 15.4. The van der Waals surface area contributed by atoms with Crippen LogP contribution in [-0.4, -0.2) is 64.0 Å². The largest absolute Gasteiger partial charge is 0.481 e. The number of fused-ring (bicyclic) bond motifs is 1. The molecule has 0 bridgehead atoms. The monoisotopic (exact) mass is 478 g/mol. The van der Waals surface area contributed by atoms with Gasteiger partial charge in [0.1, 0.15) is 5.82 Å². The number of carboxylic acids is 1. The summed E-state index contributed by atoms with van der Waals surface area (Å²) in [7, 11) is 1.30. The number of benzene rings is 1. The van der Waals surface area contributed by atoms with Crippen molar-refractivity contribution in [1.82, 2.24) is 14.5 Å². The van der Waals surface area contributed by atoms with E-state index in [1.165, 1.54) is 7.11 Å². The minimum Gasteiger partial charge on any atom is -0.481 e. The fourth-order valence-electron chi connectivity index (χ4n) is 3.86. The highest BCUT2D eigenvalue weighted by Gasteiger charge is 2.42. The molecule has 4 rings (SSSR count). The third-order valence-corrected chi connectivity index (χ3v) is 6.14. The predicted octanol–water partition coefficient (Wildman–Crippen LogP) is 3.34. The van der Waals surface area contributed by atoms with Gasteiger partial charge in [0.25, 0.3) is 0 Å². The Morgan fingerprint density at radius 1 is 1.31 bits per heavy atom. The first-order valence-corrected chi connectivity index (χ1v) is 10.6. The molecule has 1 aromatic carbocycles. The average molecular weight is 479 g/mol. The van der Waals surface area contributed by atoms with Crippen molar-refractivity contribution in [2.75, 3.05) is 25.2 Å². The smallest absolute Gasteiger partial charge is 0.331 e. The lowest BCUT2D eigenvalue weighted by molar-refractivity contribution is -0.145. The molecule has 0 saturated carbocycles. The summed E-state index contributed by atoms with van der Waals surface area (Å²) in [5.41, 5.74) is 1.25. The predicted molar refractivity (Wildman–Crippen MR) is 119 cm³/mol. The standard InChI is InChI=1S/C21H20Cl2N4O5/c1-31-21(30)20-15(32-9-5-17(28)29)4-7-27(20)16-10-14(26-8-6-24-11-26)12-2-3-13(22)18(23)19(12)25-16/h2-3,6,8,10-11,15,20H,4-5,7,9H2,1H3,(H,28,29)/t15-,20-/m0/s1. The van der Waals surface area contributed by atoms with Gasteiger partial charge in [-0.25, -0.2) is 14.8 Å². The molecule has 1 saturated heterocycles. The number of ether oxygens (including phenoxy) is 2.